The number of amides is 1. The van der Waals surface area contributed by atoms with Crippen molar-refractivity contribution in [3.05, 3.63) is 47.5 Å². The van der Waals surface area contributed by atoms with Crippen LogP contribution >= 0.6 is 0 Å². The predicted molar refractivity (Wildman–Crippen MR) is 90.7 cm³/mol. The molecule has 0 bridgehead atoms. The van der Waals surface area contributed by atoms with Gasteiger partial charge in [0.25, 0.3) is 5.91 Å². The van der Waals surface area contributed by atoms with Crippen LogP contribution in [0.5, 0.6) is 0 Å². The van der Waals surface area contributed by atoms with Gasteiger partial charge < -0.3 is 15.6 Å². The van der Waals surface area contributed by atoms with E-state index >= 15 is 0 Å². The van der Waals surface area contributed by atoms with Crippen LogP contribution in [-0.4, -0.2) is 39.2 Å². The van der Waals surface area contributed by atoms with E-state index in [0.717, 1.165) is 41.9 Å². The number of rotatable bonds is 5. The molecule has 4 N–H and O–H groups in total. The molecule has 0 spiro atoms. The van der Waals surface area contributed by atoms with Gasteiger partial charge in [0.05, 0.1) is 16.7 Å². The fourth-order valence-corrected chi connectivity index (χ4v) is 3.09. The van der Waals surface area contributed by atoms with Crippen molar-refractivity contribution in [3.8, 4) is 0 Å². The summed E-state index contributed by atoms with van der Waals surface area (Å²) in [7, 11) is 0. The van der Waals surface area contributed by atoms with Crippen molar-refractivity contribution in [2.24, 2.45) is 0 Å². The molecule has 124 valence electrons. The topological polar surface area (TPSA) is 98.5 Å². The highest BCUT2D eigenvalue weighted by molar-refractivity contribution is 5.92. The van der Waals surface area contributed by atoms with Crippen LogP contribution in [0.1, 0.15) is 40.9 Å². The Bertz CT molecular complexity index is 813. The summed E-state index contributed by atoms with van der Waals surface area (Å²) in [5.41, 5.74) is 3.37. The molecule has 7 heteroatoms. The molecule has 1 saturated heterocycles. The van der Waals surface area contributed by atoms with Crippen molar-refractivity contribution in [1.29, 1.82) is 0 Å². The normalized spacial score (nSPS) is 17.4. The van der Waals surface area contributed by atoms with Gasteiger partial charge in [-0.05, 0) is 37.6 Å². The average molecular weight is 324 g/mol. The zero-order valence-corrected chi connectivity index (χ0v) is 13.3. The lowest BCUT2D eigenvalue weighted by Gasteiger charge is -2.05. The second-order valence-corrected chi connectivity index (χ2v) is 6.06. The number of para-hydroxylation sites is 2. The highest BCUT2D eigenvalue weighted by Gasteiger charge is 2.20. The smallest absolute Gasteiger partial charge is 0.271 e. The molecular weight excluding hydrogens is 304 g/mol. The Morgan fingerprint density at radius 1 is 1.33 bits per heavy atom. The van der Waals surface area contributed by atoms with Gasteiger partial charge in [-0.3, -0.25) is 9.89 Å². The first-order valence-corrected chi connectivity index (χ1v) is 8.30. The maximum atomic E-state index is 12.2. The number of nitrogens with zero attached hydrogens (tertiary/aromatic N) is 2. The van der Waals surface area contributed by atoms with Crippen molar-refractivity contribution in [3.63, 3.8) is 0 Å². The Hall–Kier alpha value is -2.67. The average Bonchev–Trinajstić information content (AvgIpc) is 3.33. The summed E-state index contributed by atoms with van der Waals surface area (Å²) in [5, 5.41) is 13.4. The van der Waals surface area contributed by atoms with Crippen LogP contribution in [0.15, 0.2) is 30.3 Å². The molecule has 0 saturated carbocycles. The molecule has 1 aliphatic heterocycles. The molecule has 1 fully saturated rings. The Morgan fingerprint density at radius 2 is 2.25 bits per heavy atom. The van der Waals surface area contributed by atoms with Crippen LogP contribution in [-0.2, 0) is 6.42 Å². The number of hydrogen-bond donors (Lipinski definition) is 4. The number of imidazole rings is 1. The van der Waals surface area contributed by atoms with Crippen LogP contribution in [0.4, 0.5) is 0 Å². The highest BCUT2D eigenvalue weighted by atomic mass is 16.1. The number of benzene rings is 1. The third kappa shape index (κ3) is 3.03. The third-order valence-corrected chi connectivity index (χ3v) is 4.35. The van der Waals surface area contributed by atoms with E-state index in [4.69, 9.17) is 0 Å². The number of aromatic amines is 2. The lowest BCUT2D eigenvalue weighted by Crippen LogP contribution is -2.26. The summed E-state index contributed by atoms with van der Waals surface area (Å²) in [6.45, 7) is 1.53. The fourth-order valence-electron chi connectivity index (χ4n) is 3.09. The van der Waals surface area contributed by atoms with Gasteiger partial charge in [0.2, 0.25) is 0 Å². The van der Waals surface area contributed by atoms with Crippen molar-refractivity contribution < 1.29 is 4.79 Å². The number of aromatic nitrogens is 4. The standard InChI is InChI=1S/C17H20N6O/c24-17(15-10-14(22-23-15)11-6-3-8-18-11)19-9-7-16-20-12-4-1-2-5-13(12)21-16/h1-2,4-5,10-11,18H,3,6-9H2,(H,19,24)(H,20,21)(H,22,23). The van der Waals surface area contributed by atoms with E-state index in [1.165, 1.54) is 0 Å². The van der Waals surface area contributed by atoms with Gasteiger partial charge in [-0.15, -0.1) is 0 Å². The Labute approximate surface area is 139 Å². The maximum Gasteiger partial charge on any atom is 0.271 e. The molecule has 4 rings (SSSR count). The van der Waals surface area contributed by atoms with Crippen molar-refractivity contribution in [2.75, 3.05) is 13.1 Å². The Morgan fingerprint density at radius 3 is 3.08 bits per heavy atom. The highest BCUT2D eigenvalue weighted by Crippen LogP contribution is 2.21. The minimum absolute atomic E-state index is 0.161. The summed E-state index contributed by atoms with van der Waals surface area (Å²) in [5.74, 6) is 0.709. The molecule has 1 amide bonds. The van der Waals surface area contributed by atoms with Gasteiger partial charge >= 0.3 is 0 Å². The van der Waals surface area contributed by atoms with E-state index in [0.29, 0.717) is 18.7 Å². The van der Waals surface area contributed by atoms with Gasteiger partial charge in [-0.25, -0.2) is 4.98 Å². The number of H-pyrrole nitrogens is 2. The van der Waals surface area contributed by atoms with Gasteiger partial charge in [0, 0.05) is 19.0 Å². The van der Waals surface area contributed by atoms with Crippen LogP contribution in [0.25, 0.3) is 11.0 Å². The lowest BCUT2D eigenvalue weighted by molar-refractivity contribution is 0.0949. The van der Waals surface area contributed by atoms with E-state index in [9.17, 15) is 4.79 Å². The largest absolute Gasteiger partial charge is 0.350 e. The summed E-state index contributed by atoms with van der Waals surface area (Å²) in [4.78, 5) is 20.0. The van der Waals surface area contributed by atoms with Gasteiger partial charge in [-0.2, -0.15) is 5.10 Å². The van der Waals surface area contributed by atoms with E-state index in [2.05, 4.69) is 30.8 Å². The number of carbonyl (C=O) groups excluding carboxylic acids is 1. The number of hydrogen-bond acceptors (Lipinski definition) is 4. The summed E-state index contributed by atoms with van der Waals surface area (Å²) in [6.07, 6.45) is 2.89. The molecule has 1 atom stereocenters. The summed E-state index contributed by atoms with van der Waals surface area (Å²) < 4.78 is 0. The molecule has 24 heavy (non-hydrogen) atoms. The van der Waals surface area contributed by atoms with Gasteiger partial charge in [-0.1, -0.05) is 12.1 Å². The first kappa shape index (κ1) is 14.9. The first-order chi connectivity index (χ1) is 11.8. The van der Waals surface area contributed by atoms with E-state index in [1.807, 2.05) is 30.3 Å². The minimum Gasteiger partial charge on any atom is -0.350 e. The second-order valence-electron chi connectivity index (χ2n) is 6.06. The molecule has 1 aliphatic rings. The Kier molecular flexibility index (Phi) is 4.00. The molecule has 0 aliphatic carbocycles. The molecular formula is C17H20N6O. The van der Waals surface area contributed by atoms with E-state index in [-0.39, 0.29) is 11.9 Å². The zero-order valence-electron chi connectivity index (χ0n) is 13.3. The van der Waals surface area contributed by atoms with Crippen LogP contribution in [0.3, 0.4) is 0 Å². The molecule has 0 radical (unpaired) electrons. The quantitative estimate of drug-likeness (QED) is 0.574. The van der Waals surface area contributed by atoms with E-state index < -0.39 is 0 Å². The zero-order chi connectivity index (χ0) is 16.4. The fraction of sp³-hybridized carbons (Fsp3) is 0.353. The van der Waals surface area contributed by atoms with Gasteiger partial charge in [0.1, 0.15) is 11.5 Å². The summed E-state index contributed by atoms with van der Waals surface area (Å²) in [6, 6.07) is 10.0. The van der Waals surface area contributed by atoms with Crippen LogP contribution in [0, 0.1) is 0 Å². The molecule has 1 unspecified atom stereocenters. The van der Waals surface area contributed by atoms with Crippen molar-refractivity contribution in [1.82, 2.24) is 30.8 Å². The molecule has 7 nitrogen and oxygen atoms in total. The Balaban J connectivity index is 1.33. The monoisotopic (exact) mass is 324 g/mol. The van der Waals surface area contributed by atoms with Gasteiger partial charge in [0.15, 0.2) is 0 Å². The maximum absolute atomic E-state index is 12.2. The van der Waals surface area contributed by atoms with Crippen LogP contribution in [0.2, 0.25) is 0 Å². The number of nitrogens with one attached hydrogen (secondary N) is 4. The van der Waals surface area contributed by atoms with Crippen molar-refractivity contribution in [2.45, 2.75) is 25.3 Å². The molecule has 2 aromatic heterocycles. The lowest BCUT2D eigenvalue weighted by atomic mass is 10.1. The predicted octanol–water partition coefficient (Wildman–Crippen LogP) is 1.68. The molecule has 3 heterocycles. The van der Waals surface area contributed by atoms with Crippen LogP contribution < -0.4 is 10.6 Å². The minimum atomic E-state index is -0.161. The second kappa shape index (κ2) is 6.45. The van der Waals surface area contributed by atoms with Crippen molar-refractivity contribution >= 4 is 16.9 Å². The first-order valence-electron chi connectivity index (χ1n) is 8.30. The van der Waals surface area contributed by atoms with E-state index in [1.54, 1.807) is 0 Å². The number of fused-ring (bicyclic) bond motifs is 1. The SMILES string of the molecule is O=C(NCCc1nc2ccccc2[nH]1)c1cc(C2CCCN2)[nH]n1. The summed E-state index contributed by atoms with van der Waals surface area (Å²) >= 11 is 0. The third-order valence-electron chi connectivity index (χ3n) is 4.35. The molecule has 3 aromatic rings. The molecule has 1 aromatic carbocycles. The number of carbonyl (C=O) groups is 1.